The number of aliphatic hydroxyl groups excluding tert-OH is 1. The van der Waals surface area contributed by atoms with Gasteiger partial charge in [-0.3, -0.25) is 10.1 Å². The molecule has 0 saturated carbocycles. The van der Waals surface area contributed by atoms with Gasteiger partial charge >= 0.3 is 5.97 Å². The van der Waals surface area contributed by atoms with Crippen LogP contribution in [0.4, 0.5) is 10.3 Å². The third-order valence-electron chi connectivity index (χ3n) is 6.65. The SMILES string of the molecule is Nc1nc(C(=O)N2Cc3ccccc3C2)c2cc(C(CO)(NCc3ccc(F)cc3)C(=O)O)ccc2n1. The number of nitrogens with one attached hydrogen (secondary N) is 1. The highest BCUT2D eigenvalue weighted by Crippen LogP contribution is 2.30. The smallest absolute Gasteiger partial charge is 0.331 e. The minimum absolute atomic E-state index is 0.0429. The van der Waals surface area contributed by atoms with Gasteiger partial charge in [-0.1, -0.05) is 42.5 Å². The molecule has 37 heavy (non-hydrogen) atoms. The van der Waals surface area contributed by atoms with Gasteiger partial charge in [0.25, 0.3) is 5.91 Å². The quantitative estimate of drug-likeness (QED) is 0.303. The molecule has 9 nitrogen and oxygen atoms in total. The maximum Gasteiger partial charge on any atom is 0.331 e. The van der Waals surface area contributed by atoms with Crippen LogP contribution >= 0.6 is 0 Å². The fourth-order valence-electron chi connectivity index (χ4n) is 4.57. The zero-order valence-corrected chi connectivity index (χ0v) is 19.7. The van der Waals surface area contributed by atoms with Crippen molar-refractivity contribution in [1.82, 2.24) is 20.2 Å². The number of aliphatic hydroxyl groups is 1. The van der Waals surface area contributed by atoms with Crippen LogP contribution in [0.15, 0.2) is 66.7 Å². The summed E-state index contributed by atoms with van der Waals surface area (Å²) >= 11 is 0. The lowest BCUT2D eigenvalue weighted by molar-refractivity contribution is -0.147. The normalized spacial score (nSPS) is 14.4. The summed E-state index contributed by atoms with van der Waals surface area (Å²) in [7, 11) is 0. The second-order valence-corrected chi connectivity index (χ2v) is 8.94. The second kappa shape index (κ2) is 9.57. The van der Waals surface area contributed by atoms with E-state index in [1.54, 1.807) is 11.0 Å². The minimum atomic E-state index is -1.91. The highest BCUT2D eigenvalue weighted by molar-refractivity contribution is 6.05. The molecule has 3 aromatic carbocycles. The number of benzene rings is 3. The molecule has 1 aromatic heterocycles. The number of hydrogen-bond donors (Lipinski definition) is 4. The van der Waals surface area contributed by atoms with E-state index in [0.29, 0.717) is 29.6 Å². The molecule has 5 rings (SSSR count). The lowest BCUT2D eigenvalue weighted by Gasteiger charge is -2.29. The summed E-state index contributed by atoms with van der Waals surface area (Å²) < 4.78 is 13.3. The van der Waals surface area contributed by atoms with E-state index in [1.807, 2.05) is 24.3 Å². The van der Waals surface area contributed by atoms with Gasteiger partial charge in [0.2, 0.25) is 5.95 Å². The summed E-state index contributed by atoms with van der Waals surface area (Å²) in [5, 5.41) is 23.6. The summed E-state index contributed by atoms with van der Waals surface area (Å²) in [6.45, 7) is 0.0842. The van der Waals surface area contributed by atoms with Gasteiger partial charge in [-0.05, 0) is 46.5 Å². The van der Waals surface area contributed by atoms with E-state index >= 15 is 0 Å². The molecule has 0 aliphatic carbocycles. The van der Waals surface area contributed by atoms with E-state index in [9.17, 15) is 24.2 Å². The van der Waals surface area contributed by atoms with Crippen molar-refractivity contribution >= 4 is 28.7 Å². The first kappa shape index (κ1) is 24.3. The molecule has 1 aliphatic rings. The van der Waals surface area contributed by atoms with E-state index in [-0.39, 0.29) is 29.7 Å². The first-order valence-electron chi connectivity index (χ1n) is 11.6. The Labute approximate surface area is 211 Å². The Kier molecular flexibility index (Phi) is 6.28. The van der Waals surface area contributed by atoms with Gasteiger partial charge in [-0.2, -0.15) is 0 Å². The summed E-state index contributed by atoms with van der Waals surface area (Å²) in [5.41, 5.74) is 7.31. The predicted octanol–water partition coefficient (Wildman–Crippen LogP) is 2.57. The summed E-state index contributed by atoms with van der Waals surface area (Å²) in [5.74, 6) is -2.18. The van der Waals surface area contributed by atoms with Crippen LogP contribution in [-0.4, -0.2) is 43.6 Å². The topological polar surface area (TPSA) is 142 Å². The number of amides is 1. The highest BCUT2D eigenvalue weighted by Gasteiger charge is 2.40. The number of anilines is 1. The monoisotopic (exact) mass is 501 g/mol. The largest absolute Gasteiger partial charge is 0.480 e. The number of carboxylic acid groups (broad SMARTS) is 1. The molecule has 188 valence electrons. The number of carboxylic acids is 1. The Hall–Kier alpha value is -4.41. The lowest BCUT2D eigenvalue weighted by Crippen LogP contribution is -2.51. The van der Waals surface area contributed by atoms with Gasteiger partial charge < -0.3 is 20.8 Å². The second-order valence-electron chi connectivity index (χ2n) is 8.94. The summed E-state index contributed by atoms with van der Waals surface area (Å²) in [6, 6.07) is 17.9. The van der Waals surface area contributed by atoms with E-state index in [0.717, 1.165) is 11.1 Å². The van der Waals surface area contributed by atoms with Crippen LogP contribution in [0, 0.1) is 5.82 Å². The molecular weight excluding hydrogens is 477 g/mol. The van der Waals surface area contributed by atoms with Crippen LogP contribution in [0.2, 0.25) is 0 Å². The van der Waals surface area contributed by atoms with Gasteiger partial charge in [0.15, 0.2) is 5.54 Å². The zero-order valence-electron chi connectivity index (χ0n) is 19.7. The molecule has 1 atom stereocenters. The Morgan fingerprint density at radius 1 is 1.03 bits per heavy atom. The number of nitrogens with zero attached hydrogens (tertiary/aromatic N) is 3. The Bertz CT molecular complexity index is 1490. The predicted molar refractivity (Wildman–Crippen MR) is 134 cm³/mol. The molecular formula is C27H24FN5O4. The average molecular weight is 502 g/mol. The first-order chi connectivity index (χ1) is 17.8. The van der Waals surface area contributed by atoms with Crippen LogP contribution in [0.1, 0.15) is 32.7 Å². The fourth-order valence-corrected chi connectivity index (χ4v) is 4.57. The van der Waals surface area contributed by atoms with Crippen molar-refractivity contribution in [3.8, 4) is 0 Å². The van der Waals surface area contributed by atoms with Gasteiger partial charge in [0.1, 0.15) is 11.5 Å². The molecule has 1 amide bonds. The molecule has 10 heteroatoms. The van der Waals surface area contributed by atoms with Crippen molar-refractivity contribution in [2.24, 2.45) is 0 Å². The maximum atomic E-state index is 13.6. The molecule has 0 spiro atoms. The molecule has 0 saturated heterocycles. The van der Waals surface area contributed by atoms with E-state index < -0.39 is 23.9 Å². The summed E-state index contributed by atoms with van der Waals surface area (Å²) in [6.07, 6.45) is 0. The Morgan fingerprint density at radius 3 is 2.32 bits per heavy atom. The van der Waals surface area contributed by atoms with E-state index in [1.165, 1.54) is 36.4 Å². The van der Waals surface area contributed by atoms with Crippen molar-refractivity contribution in [2.75, 3.05) is 12.3 Å². The number of halogens is 1. The van der Waals surface area contributed by atoms with Crippen molar-refractivity contribution in [2.45, 2.75) is 25.2 Å². The van der Waals surface area contributed by atoms with Gasteiger partial charge in [-0.25, -0.2) is 19.2 Å². The highest BCUT2D eigenvalue weighted by atomic mass is 19.1. The molecule has 0 radical (unpaired) electrons. The molecule has 0 fully saturated rings. The lowest BCUT2D eigenvalue weighted by atomic mass is 9.89. The van der Waals surface area contributed by atoms with Crippen molar-refractivity contribution < 1.29 is 24.2 Å². The van der Waals surface area contributed by atoms with Gasteiger partial charge in [-0.15, -0.1) is 0 Å². The Balaban J connectivity index is 1.53. The van der Waals surface area contributed by atoms with Crippen LogP contribution in [0.25, 0.3) is 10.9 Å². The molecule has 5 N–H and O–H groups in total. The van der Waals surface area contributed by atoms with Crippen LogP contribution in [0.5, 0.6) is 0 Å². The molecule has 0 bridgehead atoms. The maximum absolute atomic E-state index is 13.6. The molecule has 2 heterocycles. The number of nitrogens with two attached hydrogens (primary N) is 1. The summed E-state index contributed by atoms with van der Waals surface area (Å²) in [4.78, 5) is 36.1. The van der Waals surface area contributed by atoms with Crippen LogP contribution < -0.4 is 11.1 Å². The minimum Gasteiger partial charge on any atom is -0.480 e. The number of fused-ring (bicyclic) bond motifs is 2. The number of carbonyl (C=O) groups excluding carboxylic acids is 1. The average Bonchev–Trinajstić information content (AvgIpc) is 3.34. The number of aliphatic carboxylic acids is 1. The number of carbonyl (C=O) groups is 2. The van der Waals surface area contributed by atoms with E-state index in [4.69, 9.17) is 5.73 Å². The number of hydrogen-bond acceptors (Lipinski definition) is 7. The van der Waals surface area contributed by atoms with E-state index in [2.05, 4.69) is 15.3 Å². The number of rotatable bonds is 7. The fraction of sp³-hybridized carbons (Fsp3) is 0.185. The zero-order chi connectivity index (χ0) is 26.2. The number of nitrogen functional groups attached to an aromatic ring is 1. The van der Waals surface area contributed by atoms with Gasteiger partial charge in [0.05, 0.1) is 12.1 Å². The molecule has 4 aromatic rings. The third kappa shape index (κ3) is 4.48. The van der Waals surface area contributed by atoms with Crippen molar-refractivity contribution in [3.05, 3.63) is 100 Å². The third-order valence-corrected chi connectivity index (χ3v) is 6.65. The van der Waals surface area contributed by atoms with Gasteiger partial charge in [0, 0.05) is 25.0 Å². The first-order valence-corrected chi connectivity index (χ1v) is 11.6. The number of aromatic nitrogens is 2. The molecule has 1 unspecified atom stereocenters. The van der Waals surface area contributed by atoms with Crippen molar-refractivity contribution in [1.29, 1.82) is 0 Å². The van der Waals surface area contributed by atoms with Crippen LogP contribution in [0.3, 0.4) is 0 Å². The van der Waals surface area contributed by atoms with Crippen LogP contribution in [-0.2, 0) is 30.0 Å². The standard InChI is InChI=1S/C27H24FN5O4/c28-20-8-5-16(6-9-20)12-30-27(15-34,25(36)37)19-7-10-22-21(11-19)23(32-26(29)31-22)24(35)33-13-17-3-1-2-4-18(17)14-33/h1-11,30,34H,12-15H2,(H,36,37)(H2,29,31,32). The van der Waals surface area contributed by atoms with Crippen molar-refractivity contribution in [3.63, 3.8) is 0 Å². The molecule has 1 aliphatic heterocycles. The Morgan fingerprint density at radius 2 is 1.70 bits per heavy atom.